The average molecular weight is 242 g/mol. The first-order valence-corrected chi connectivity index (χ1v) is 5.43. The first kappa shape index (κ1) is 11.8. The lowest BCUT2D eigenvalue weighted by Crippen LogP contribution is -2.21. The van der Waals surface area contributed by atoms with Gasteiger partial charge >= 0.3 is 0 Å². The highest BCUT2D eigenvalue weighted by molar-refractivity contribution is 5.83. The molecular weight excluding hydrogens is 228 g/mol. The van der Waals surface area contributed by atoms with E-state index >= 15 is 0 Å². The number of aromatic nitrogens is 2. The molecular formula is C12H14N6. The van der Waals surface area contributed by atoms with Gasteiger partial charge in [0.15, 0.2) is 0 Å². The summed E-state index contributed by atoms with van der Waals surface area (Å²) in [7, 11) is 0. The summed E-state index contributed by atoms with van der Waals surface area (Å²) in [5.74, 6) is -0.0594. The zero-order valence-electron chi connectivity index (χ0n) is 9.77. The van der Waals surface area contributed by atoms with Crippen molar-refractivity contribution in [3.8, 4) is 0 Å². The van der Waals surface area contributed by atoms with Gasteiger partial charge in [-0.25, -0.2) is 0 Å². The van der Waals surface area contributed by atoms with Gasteiger partial charge in [-0.2, -0.15) is 10.2 Å². The molecule has 1 aromatic carbocycles. The Morgan fingerprint density at radius 2 is 2.11 bits per heavy atom. The molecule has 4 N–H and O–H groups in total. The van der Waals surface area contributed by atoms with Gasteiger partial charge in [0.2, 0.25) is 5.96 Å². The van der Waals surface area contributed by atoms with E-state index < -0.39 is 0 Å². The van der Waals surface area contributed by atoms with Gasteiger partial charge in [0.05, 0.1) is 12.8 Å². The molecule has 0 aliphatic rings. The van der Waals surface area contributed by atoms with Crippen LogP contribution in [0.25, 0.3) is 0 Å². The fourth-order valence-corrected chi connectivity index (χ4v) is 1.53. The van der Waals surface area contributed by atoms with Crippen LogP contribution in [-0.4, -0.2) is 22.0 Å². The molecule has 0 saturated carbocycles. The van der Waals surface area contributed by atoms with E-state index in [-0.39, 0.29) is 5.96 Å². The fourth-order valence-electron chi connectivity index (χ4n) is 1.53. The predicted molar refractivity (Wildman–Crippen MR) is 71.2 cm³/mol. The van der Waals surface area contributed by atoms with Crippen LogP contribution in [-0.2, 0) is 6.54 Å². The lowest BCUT2D eigenvalue weighted by Gasteiger charge is -2.05. The zero-order valence-corrected chi connectivity index (χ0v) is 9.77. The molecule has 6 nitrogen and oxygen atoms in total. The van der Waals surface area contributed by atoms with Crippen molar-refractivity contribution in [3.05, 3.63) is 53.9 Å². The SMILES string of the molecule is NC(N)=NN=Cc1ccccc1Cn1cccn1. The third-order valence-electron chi connectivity index (χ3n) is 2.32. The third kappa shape index (κ3) is 3.18. The van der Waals surface area contributed by atoms with Crippen molar-refractivity contribution >= 4 is 12.2 Å². The smallest absolute Gasteiger partial charge is 0.211 e. The summed E-state index contributed by atoms with van der Waals surface area (Å²) in [6, 6.07) is 9.75. The van der Waals surface area contributed by atoms with Crippen LogP contribution in [0.15, 0.2) is 52.9 Å². The molecule has 18 heavy (non-hydrogen) atoms. The molecule has 2 rings (SSSR count). The number of nitrogens with two attached hydrogens (primary N) is 2. The van der Waals surface area contributed by atoms with Crippen molar-refractivity contribution < 1.29 is 0 Å². The summed E-state index contributed by atoms with van der Waals surface area (Å²) in [5.41, 5.74) is 12.5. The van der Waals surface area contributed by atoms with Crippen LogP contribution in [0.2, 0.25) is 0 Å². The van der Waals surface area contributed by atoms with Crippen LogP contribution in [0.4, 0.5) is 0 Å². The van der Waals surface area contributed by atoms with E-state index in [4.69, 9.17) is 11.5 Å². The van der Waals surface area contributed by atoms with Gasteiger partial charge in [0.1, 0.15) is 0 Å². The van der Waals surface area contributed by atoms with Crippen molar-refractivity contribution in [2.24, 2.45) is 21.7 Å². The van der Waals surface area contributed by atoms with Crippen molar-refractivity contribution in [1.82, 2.24) is 9.78 Å². The minimum atomic E-state index is -0.0594. The molecule has 0 fully saturated rings. The van der Waals surface area contributed by atoms with Crippen LogP contribution >= 0.6 is 0 Å². The number of hydrogen-bond donors (Lipinski definition) is 2. The first-order valence-electron chi connectivity index (χ1n) is 5.43. The highest BCUT2D eigenvalue weighted by atomic mass is 15.3. The molecule has 0 radical (unpaired) electrons. The second-order valence-electron chi connectivity index (χ2n) is 3.67. The summed E-state index contributed by atoms with van der Waals surface area (Å²) in [4.78, 5) is 0. The molecule has 0 aliphatic carbocycles. The van der Waals surface area contributed by atoms with Crippen LogP contribution in [0.3, 0.4) is 0 Å². The molecule has 0 saturated heterocycles. The van der Waals surface area contributed by atoms with E-state index in [0.717, 1.165) is 11.1 Å². The van der Waals surface area contributed by atoms with Crippen LogP contribution in [0, 0.1) is 0 Å². The molecule has 0 amide bonds. The highest BCUT2D eigenvalue weighted by Gasteiger charge is 2.00. The van der Waals surface area contributed by atoms with Gasteiger partial charge in [-0.3, -0.25) is 4.68 Å². The molecule has 6 heteroatoms. The Hall–Kier alpha value is -2.63. The Morgan fingerprint density at radius 3 is 2.83 bits per heavy atom. The number of guanidine groups is 1. The minimum absolute atomic E-state index is 0.0594. The maximum Gasteiger partial charge on any atom is 0.211 e. The number of rotatable bonds is 4. The van der Waals surface area contributed by atoms with Crippen molar-refractivity contribution in [2.75, 3.05) is 0 Å². The Balaban J connectivity index is 2.20. The Labute approximate surface area is 105 Å². The molecule has 0 spiro atoms. The molecule has 0 atom stereocenters. The zero-order chi connectivity index (χ0) is 12.8. The third-order valence-corrected chi connectivity index (χ3v) is 2.32. The lowest BCUT2D eigenvalue weighted by molar-refractivity contribution is 0.686. The molecule has 2 aromatic rings. The van der Waals surface area contributed by atoms with Crippen LogP contribution in [0.1, 0.15) is 11.1 Å². The second-order valence-corrected chi connectivity index (χ2v) is 3.67. The van der Waals surface area contributed by atoms with E-state index in [9.17, 15) is 0 Å². The molecule has 1 aromatic heterocycles. The standard InChI is InChI=1S/C12H14N6/c13-12(14)17-15-8-10-4-1-2-5-11(10)9-18-7-3-6-16-18/h1-8H,9H2,(H4,13,14,17). The molecule has 0 bridgehead atoms. The Kier molecular flexibility index (Phi) is 3.70. The van der Waals surface area contributed by atoms with E-state index in [1.165, 1.54) is 0 Å². The minimum Gasteiger partial charge on any atom is -0.369 e. The van der Waals surface area contributed by atoms with Gasteiger partial charge in [-0.05, 0) is 17.2 Å². The maximum atomic E-state index is 5.20. The second kappa shape index (κ2) is 5.62. The Bertz CT molecular complexity index is 552. The summed E-state index contributed by atoms with van der Waals surface area (Å²) < 4.78 is 1.84. The number of benzene rings is 1. The fraction of sp³-hybridized carbons (Fsp3) is 0.0833. The topological polar surface area (TPSA) is 94.6 Å². The van der Waals surface area contributed by atoms with E-state index in [2.05, 4.69) is 15.3 Å². The first-order chi connectivity index (χ1) is 8.75. The molecule has 92 valence electrons. The summed E-state index contributed by atoms with van der Waals surface area (Å²) in [5, 5.41) is 11.6. The summed E-state index contributed by atoms with van der Waals surface area (Å²) >= 11 is 0. The van der Waals surface area contributed by atoms with Gasteiger partial charge < -0.3 is 11.5 Å². The highest BCUT2D eigenvalue weighted by Crippen LogP contribution is 2.08. The average Bonchev–Trinajstić information content (AvgIpc) is 2.84. The summed E-state index contributed by atoms with van der Waals surface area (Å²) in [6.07, 6.45) is 5.28. The normalized spacial score (nSPS) is 10.7. The van der Waals surface area contributed by atoms with E-state index in [1.807, 2.05) is 41.2 Å². The van der Waals surface area contributed by atoms with Gasteiger partial charge in [0, 0.05) is 12.4 Å². The van der Waals surface area contributed by atoms with E-state index in [0.29, 0.717) is 6.54 Å². The van der Waals surface area contributed by atoms with Gasteiger partial charge in [-0.15, -0.1) is 5.10 Å². The Morgan fingerprint density at radius 1 is 1.28 bits per heavy atom. The van der Waals surface area contributed by atoms with Crippen LogP contribution in [0.5, 0.6) is 0 Å². The number of hydrogen-bond acceptors (Lipinski definition) is 3. The van der Waals surface area contributed by atoms with E-state index in [1.54, 1.807) is 12.4 Å². The quantitative estimate of drug-likeness (QED) is 0.465. The van der Waals surface area contributed by atoms with Crippen molar-refractivity contribution in [3.63, 3.8) is 0 Å². The van der Waals surface area contributed by atoms with Gasteiger partial charge in [0.25, 0.3) is 0 Å². The lowest BCUT2D eigenvalue weighted by atomic mass is 10.1. The molecule has 0 unspecified atom stereocenters. The molecule has 0 aliphatic heterocycles. The molecule has 1 heterocycles. The van der Waals surface area contributed by atoms with Crippen LogP contribution < -0.4 is 11.5 Å². The van der Waals surface area contributed by atoms with Gasteiger partial charge in [-0.1, -0.05) is 24.3 Å². The van der Waals surface area contributed by atoms with Crippen molar-refractivity contribution in [1.29, 1.82) is 0 Å². The number of nitrogens with zero attached hydrogens (tertiary/aromatic N) is 4. The maximum absolute atomic E-state index is 5.20. The monoisotopic (exact) mass is 242 g/mol. The predicted octanol–water partition coefficient (Wildman–Crippen LogP) is 0.539. The van der Waals surface area contributed by atoms with Crippen molar-refractivity contribution in [2.45, 2.75) is 6.54 Å². The summed E-state index contributed by atoms with van der Waals surface area (Å²) in [6.45, 7) is 0.678. The largest absolute Gasteiger partial charge is 0.369 e.